The van der Waals surface area contributed by atoms with Crippen molar-refractivity contribution in [1.82, 2.24) is 5.32 Å². The first-order valence-corrected chi connectivity index (χ1v) is 10.6. The molecule has 1 aromatic carbocycles. The number of esters is 1. The minimum atomic E-state index is -1.85. The van der Waals surface area contributed by atoms with Gasteiger partial charge in [-0.25, -0.2) is 4.79 Å². The van der Waals surface area contributed by atoms with Crippen LogP contribution in [0.5, 0.6) is 0 Å². The maximum Gasteiger partial charge on any atom is 0.341 e. The van der Waals surface area contributed by atoms with E-state index in [4.69, 9.17) is 39.5 Å². The molecular weight excluding hydrogens is 443 g/mol. The van der Waals surface area contributed by atoms with E-state index in [1.54, 1.807) is 12.1 Å². The average Bonchev–Trinajstić information content (AvgIpc) is 3.21. The molecule has 0 spiro atoms. The molecule has 1 atom stereocenters. The van der Waals surface area contributed by atoms with Crippen LogP contribution < -0.4 is 10.6 Å². The number of nitrogens with one attached hydrogen (secondary N) is 2. The lowest BCUT2D eigenvalue weighted by Crippen LogP contribution is -2.49. The maximum absolute atomic E-state index is 12.6. The summed E-state index contributed by atoms with van der Waals surface area (Å²) >= 11 is 19.7. The molecule has 5 nitrogen and oxygen atoms in total. The van der Waals surface area contributed by atoms with Gasteiger partial charge in [0, 0.05) is 10.4 Å². The Morgan fingerprint density at radius 3 is 2.46 bits per heavy atom. The Morgan fingerprint density at radius 2 is 1.86 bits per heavy atom. The lowest BCUT2D eigenvalue weighted by molar-refractivity contribution is 0.0601. The van der Waals surface area contributed by atoms with Gasteiger partial charge in [0.15, 0.2) is 0 Å². The van der Waals surface area contributed by atoms with Crippen LogP contribution in [-0.4, -0.2) is 28.9 Å². The van der Waals surface area contributed by atoms with Crippen LogP contribution in [0, 0.1) is 6.92 Å². The minimum absolute atomic E-state index is 0.396. The van der Waals surface area contributed by atoms with E-state index in [1.165, 1.54) is 18.4 Å². The van der Waals surface area contributed by atoms with E-state index in [0.717, 1.165) is 35.3 Å². The third-order valence-corrected chi connectivity index (χ3v) is 6.38. The number of hydrogen-bond donors (Lipinski definition) is 2. The molecule has 1 unspecified atom stereocenters. The van der Waals surface area contributed by atoms with Gasteiger partial charge in [0.1, 0.15) is 11.2 Å². The number of ether oxygens (including phenoxy) is 1. The summed E-state index contributed by atoms with van der Waals surface area (Å²) in [6.45, 7) is 1.93. The van der Waals surface area contributed by atoms with Crippen LogP contribution >= 0.6 is 46.1 Å². The number of carbonyl (C=O) groups excluding carboxylic acids is 2. The molecule has 1 aliphatic rings. The summed E-state index contributed by atoms with van der Waals surface area (Å²) in [4.78, 5) is 26.0. The molecule has 0 saturated carbocycles. The number of aryl methyl sites for hydroxylation is 2. The Labute approximate surface area is 182 Å². The molecule has 0 radical (unpaired) electrons. The van der Waals surface area contributed by atoms with Crippen molar-refractivity contribution < 1.29 is 14.3 Å². The highest BCUT2D eigenvalue weighted by Crippen LogP contribution is 2.41. The van der Waals surface area contributed by atoms with Gasteiger partial charge < -0.3 is 15.4 Å². The molecule has 0 aliphatic heterocycles. The van der Waals surface area contributed by atoms with Crippen LogP contribution in [0.1, 0.15) is 43.1 Å². The highest BCUT2D eigenvalue weighted by atomic mass is 35.6. The van der Waals surface area contributed by atoms with Crippen molar-refractivity contribution in [3.05, 3.63) is 51.4 Å². The molecule has 0 fully saturated rings. The van der Waals surface area contributed by atoms with Crippen LogP contribution in [0.3, 0.4) is 0 Å². The van der Waals surface area contributed by atoms with Gasteiger partial charge >= 0.3 is 5.97 Å². The largest absolute Gasteiger partial charge is 0.465 e. The molecule has 1 aromatic heterocycles. The van der Waals surface area contributed by atoms with Crippen LogP contribution in [0.4, 0.5) is 5.00 Å². The van der Waals surface area contributed by atoms with Crippen LogP contribution in [0.2, 0.25) is 0 Å². The smallest absolute Gasteiger partial charge is 0.341 e. The predicted molar refractivity (Wildman–Crippen MR) is 114 cm³/mol. The molecule has 9 heteroatoms. The normalized spacial score (nSPS) is 14.3. The summed E-state index contributed by atoms with van der Waals surface area (Å²) in [6.07, 6.45) is 1.63. The molecule has 1 aliphatic carbocycles. The summed E-state index contributed by atoms with van der Waals surface area (Å²) in [5, 5.41) is 6.26. The Balaban J connectivity index is 1.87. The van der Waals surface area contributed by atoms with Gasteiger partial charge in [-0.15, -0.1) is 11.3 Å². The Hall–Kier alpha value is -1.47. The number of rotatable bonds is 5. The van der Waals surface area contributed by atoms with E-state index in [9.17, 15) is 9.59 Å². The third-order valence-electron chi connectivity index (χ3n) is 4.50. The summed E-state index contributed by atoms with van der Waals surface area (Å²) in [5.74, 6) is -0.845. The fourth-order valence-electron chi connectivity index (χ4n) is 3.07. The Bertz CT molecular complexity index is 891. The quantitative estimate of drug-likeness (QED) is 0.379. The highest BCUT2D eigenvalue weighted by Gasteiger charge is 2.37. The van der Waals surface area contributed by atoms with E-state index in [2.05, 4.69) is 10.6 Å². The van der Waals surface area contributed by atoms with Gasteiger partial charge in [-0.05, 0) is 43.9 Å². The summed E-state index contributed by atoms with van der Waals surface area (Å²) in [6, 6.07) is 7.04. The van der Waals surface area contributed by atoms with E-state index in [0.29, 0.717) is 16.1 Å². The number of hydrogen-bond acceptors (Lipinski definition) is 5. The van der Waals surface area contributed by atoms with Crippen molar-refractivity contribution in [3.63, 3.8) is 0 Å². The molecule has 2 aromatic rings. The van der Waals surface area contributed by atoms with E-state index in [-0.39, 0.29) is 0 Å². The fraction of sp³-hybridized carbons (Fsp3) is 0.368. The zero-order valence-electron chi connectivity index (χ0n) is 15.3. The van der Waals surface area contributed by atoms with Crippen molar-refractivity contribution in [2.75, 3.05) is 12.4 Å². The molecule has 0 saturated heterocycles. The summed E-state index contributed by atoms with van der Waals surface area (Å²) < 4.78 is 3.09. The molecule has 2 N–H and O–H groups in total. The number of halogens is 3. The van der Waals surface area contributed by atoms with Gasteiger partial charge in [0.25, 0.3) is 5.91 Å². The molecule has 0 bridgehead atoms. The van der Waals surface area contributed by atoms with Gasteiger partial charge in [-0.2, -0.15) is 0 Å². The maximum atomic E-state index is 12.6. The number of benzene rings is 1. The minimum Gasteiger partial charge on any atom is -0.465 e. The average molecular weight is 462 g/mol. The number of thiophene rings is 1. The van der Waals surface area contributed by atoms with Crippen molar-refractivity contribution in [2.24, 2.45) is 0 Å². The fourth-order valence-corrected chi connectivity index (χ4v) is 4.71. The van der Waals surface area contributed by atoms with Crippen molar-refractivity contribution in [3.8, 4) is 0 Å². The zero-order chi connectivity index (χ0) is 20.5. The second-order valence-corrected chi connectivity index (χ2v) is 9.99. The third kappa shape index (κ3) is 4.57. The summed E-state index contributed by atoms with van der Waals surface area (Å²) in [5.41, 5.74) is 2.88. The number of amides is 1. The molecule has 3 rings (SSSR count). The zero-order valence-corrected chi connectivity index (χ0v) is 18.4. The SMILES string of the molecule is COC(=O)c1c(NC(NC(=O)c2ccc(C)cc2)C(Cl)(Cl)Cl)sc2c1CCC2. The van der Waals surface area contributed by atoms with Crippen molar-refractivity contribution in [1.29, 1.82) is 0 Å². The first-order valence-electron chi connectivity index (χ1n) is 8.64. The van der Waals surface area contributed by atoms with E-state index >= 15 is 0 Å². The van der Waals surface area contributed by atoms with Crippen LogP contribution in [-0.2, 0) is 17.6 Å². The second-order valence-electron chi connectivity index (χ2n) is 6.51. The first kappa shape index (κ1) is 21.2. The van der Waals surface area contributed by atoms with Gasteiger partial charge in [-0.3, -0.25) is 4.79 Å². The second kappa shape index (κ2) is 8.49. The Morgan fingerprint density at radius 1 is 1.18 bits per heavy atom. The van der Waals surface area contributed by atoms with Crippen molar-refractivity contribution >= 4 is 63.0 Å². The van der Waals surface area contributed by atoms with Crippen LogP contribution in [0.25, 0.3) is 0 Å². The monoisotopic (exact) mass is 460 g/mol. The van der Waals surface area contributed by atoms with E-state index in [1.807, 2.05) is 19.1 Å². The number of fused-ring (bicyclic) bond motifs is 1. The summed E-state index contributed by atoms with van der Waals surface area (Å²) in [7, 11) is 1.33. The first-order chi connectivity index (χ1) is 13.2. The lowest BCUT2D eigenvalue weighted by Gasteiger charge is -2.27. The van der Waals surface area contributed by atoms with Gasteiger partial charge in [0.05, 0.1) is 12.7 Å². The number of methoxy groups -OCH3 is 1. The molecule has 1 heterocycles. The molecular formula is C19H19Cl3N2O3S. The molecule has 150 valence electrons. The number of carbonyl (C=O) groups is 2. The number of alkyl halides is 3. The number of anilines is 1. The molecule has 1 amide bonds. The highest BCUT2D eigenvalue weighted by molar-refractivity contribution is 7.16. The predicted octanol–water partition coefficient (Wildman–Crippen LogP) is 4.87. The van der Waals surface area contributed by atoms with Gasteiger partial charge in [-0.1, -0.05) is 52.5 Å². The lowest BCUT2D eigenvalue weighted by atomic mass is 10.1. The van der Waals surface area contributed by atoms with E-state index < -0.39 is 21.8 Å². The standard InChI is InChI=1S/C19H19Cl3N2O3S/c1-10-6-8-11(9-7-10)15(25)23-18(19(20,21)22)24-16-14(17(26)27-2)12-4-3-5-13(12)28-16/h6-9,18,24H,3-5H2,1-2H3,(H,23,25). The van der Waals surface area contributed by atoms with Gasteiger partial charge in [0.2, 0.25) is 3.79 Å². The Kier molecular flexibility index (Phi) is 6.44. The van der Waals surface area contributed by atoms with Crippen LogP contribution in [0.15, 0.2) is 24.3 Å². The van der Waals surface area contributed by atoms with Crippen molar-refractivity contribution in [2.45, 2.75) is 36.1 Å². The topological polar surface area (TPSA) is 67.4 Å². The molecule has 28 heavy (non-hydrogen) atoms.